The number of fused-ring (bicyclic) bond motifs is 1. The standard InChI is InChI=1S/C9H15N3/c1-6-4-3-5-7-8(6)11-12-9(7)10-2/h6H,3-5H2,1-2H3,(H2,10,11,12). The monoisotopic (exact) mass is 165 g/mol. The van der Waals surface area contributed by atoms with E-state index in [0.29, 0.717) is 5.92 Å². The first-order chi connectivity index (χ1) is 5.83. The minimum absolute atomic E-state index is 0.656. The Bertz CT molecular complexity index is 277. The molecule has 1 heterocycles. The van der Waals surface area contributed by atoms with E-state index in [1.165, 1.54) is 30.5 Å². The Labute approximate surface area is 72.6 Å². The maximum absolute atomic E-state index is 4.23. The van der Waals surface area contributed by atoms with Crippen molar-refractivity contribution in [3.63, 3.8) is 0 Å². The smallest absolute Gasteiger partial charge is 0.151 e. The summed E-state index contributed by atoms with van der Waals surface area (Å²) >= 11 is 0. The van der Waals surface area contributed by atoms with Crippen molar-refractivity contribution in [2.45, 2.75) is 32.1 Å². The van der Waals surface area contributed by atoms with Gasteiger partial charge in [-0.15, -0.1) is 0 Å². The van der Waals surface area contributed by atoms with Gasteiger partial charge in [-0.05, 0) is 25.2 Å². The highest BCUT2D eigenvalue weighted by Gasteiger charge is 2.21. The quantitative estimate of drug-likeness (QED) is 0.667. The molecule has 0 amide bonds. The van der Waals surface area contributed by atoms with Crippen molar-refractivity contribution in [3.05, 3.63) is 11.3 Å². The van der Waals surface area contributed by atoms with Gasteiger partial charge in [-0.3, -0.25) is 5.10 Å². The van der Waals surface area contributed by atoms with Gasteiger partial charge in [0.05, 0.1) is 0 Å². The third-order valence-corrected chi connectivity index (χ3v) is 2.69. The number of nitrogens with one attached hydrogen (secondary N) is 2. The molecule has 0 bridgehead atoms. The van der Waals surface area contributed by atoms with E-state index in [-0.39, 0.29) is 0 Å². The van der Waals surface area contributed by atoms with Gasteiger partial charge in [-0.25, -0.2) is 0 Å². The second-order valence-corrected chi connectivity index (χ2v) is 3.51. The largest absolute Gasteiger partial charge is 0.371 e. The average molecular weight is 165 g/mol. The van der Waals surface area contributed by atoms with Crippen molar-refractivity contribution in [1.29, 1.82) is 0 Å². The highest BCUT2D eigenvalue weighted by Crippen LogP contribution is 2.32. The van der Waals surface area contributed by atoms with Crippen molar-refractivity contribution in [1.82, 2.24) is 10.2 Å². The van der Waals surface area contributed by atoms with Crippen LogP contribution in [0.1, 0.15) is 36.9 Å². The summed E-state index contributed by atoms with van der Waals surface area (Å²) < 4.78 is 0. The number of hydrogen-bond acceptors (Lipinski definition) is 2. The van der Waals surface area contributed by atoms with Crippen molar-refractivity contribution >= 4 is 5.82 Å². The van der Waals surface area contributed by atoms with Crippen LogP contribution in [0.15, 0.2) is 0 Å². The SMILES string of the molecule is CNc1n[nH]c2c1CCCC2C. The lowest BCUT2D eigenvalue weighted by Gasteiger charge is -2.17. The first kappa shape index (κ1) is 7.65. The predicted octanol–water partition coefficient (Wildman–Crippen LogP) is 1.89. The molecule has 1 aliphatic carbocycles. The molecular weight excluding hydrogens is 150 g/mol. The molecular formula is C9H15N3. The summed E-state index contributed by atoms with van der Waals surface area (Å²) in [6.45, 7) is 2.26. The summed E-state index contributed by atoms with van der Waals surface area (Å²) in [6, 6.07) is 0. The molecule has 1 unspecified atom stereocenters. The second-order valence-electron chi connectivity index (χ2n) is 3.51. The van der Waals surface area contributed by atoms with Gasteiger partial charge < -0.3 is 5.32 Å². The molecule has 0 spiro atoms. The molecule has 1 aromatic heterocycles. The van der Waals surface area contributed by atoms with Crippen molar-refractivity contribution in [3.8, 4) is 0 Å². The van der Waals surface area contributed by atoms with Crippen molar-refractivity contribution in [2.24, 2.45) is 0 Å². The summed E-state index contributed by atoms with van der Waals surface area (Å²) in [5.74, 6) is 1.69. The van der Waals surface area contributed by atoms with Gasteiger partial charge in [0.1, 0.15) is 0 Å². The van der Waals surface area contributed by atoms with Crippen LogP contribution in [0.5, 0.6) is 0 Å². The fraction of sp³-hybridized carbons (Fsp3) is 0.667. The normalized spacial score (nSPS) is 22.0. The van der Waals surface area contributed by atoms with Crippen LogP contribution in [0.3, 0.4) is 0 Å². The van der Waals surface area contributed by atoms with Crippen molar-refractivity contribution < 1.29 is 0 Å². The number of aromatic nitrogens is 2. The molecule has 0 aromatic carbocycles. The maximum Gasteiger partial charge on any atom is 0.151 e. The minimum atomic E-state index is 0.656. The summed E-state index contributed by atoms with van der Waals surface area (Å²) in [4.78, 5) is 0. The summed E-state index contributed by atoms with van der Waals surface area (Å²) in [5.41, 5.74) is 2.74. The Morgan fingerprint density at radius 1 is 1.58 bits per heavy atom. The van der Waals surface area contributed by atoms with Gasteiger partial charge >= 0.3 is 0 Å². The number of H-pyrrole nitrogens is 1. The van der Waals surface area contributed by atoms with E-state index in [9.17, 15) is 0 Å². The van der Waals surface area contributed by atoms with Crippen LogP contribution in [-0.2, 0) is 6.42 Å². The number of anilines is 1. The van der Waals surface area contributed by atoms with E-state index in [0.717, 1.165) is 5.82 Å². The lowest BCUT2D eigenvalue weighted by atomic mass is 9.89. The second kappa shape index (κ2) is 2.81. The number of rotatable bonds is 1. The molecule has 1 aromatic rings. The van der Waals surface area contributed by atoms with Gasteiger partial charge in [-0.2, -0.15) is 5.10 Å². The summed E-state index contributed by atoms with van der Waals surface area (Å²) in [7, 11) is 1.93. The zero-order valence-electron chi connectivity index (χ0n) is 7.65. The molecule has 0 saturated carbocycles. The zero-order valence-corrected chi connectivity index (χ0v) is 7.65. The lowest BCUT2D eigenvalue weighted by molar-refractivity contribution is 0.578. The fourth-order valence-electron chi connectivity index (χ4n) is 1.98. The van der Waals surface area contributed by atoms with Gasteiger partial charge in [-0.1, -0.05) is 6.92 Å². The molecule has 0 fully saturated rings. The molecule has 0 saturated heterocycles. The summed E-state index contributed by atoms with van der Waals surface area (Å²) in [6.07, 6.45) is 3.76. The fourth-order valence-corrected chi connectivity index (χ4v) is 1.98. The van der Waals surface area contributed by atoms with Crippen molar-refractivity contribution in [2.75, 3.05) is 12.4 Å². The first-order valence-corrected chi connectivity index (χ1v) is 4.58. The zero-order chi connectivity index (χ0) is 8.55. The predicted molar refractivity (Wildman–Crippen MR) is 49.5 cm³/mol. The maximum atomic E-state index is 4.23. The van der Waals surface area contributed by atoms with Gasteiger partial charge in [0.15, 0.2) is 5.82 Å². The Morgan fingerprint density at radius 2 is 2.42 bits per heavy atom. The molecule has 2 N–H and O–H groups in total. The first-order valence-electron chi connectivity index (χ1n) is 4.58. The van der Waals surface area contributed by atoms with E-state index in [1.807, 2.05) is 7.05 Å². The molecule has 2 rings (SSSR count). The van der Waals surface area contributed by atoms with E-state index < -0.39 is 0 Å². The topological polar surface area (TPSA) is 40.7 Å². The Kier molecular flexibility index (Phi) is 1.79. The van der Waals surface area contributed by atoms with Crippen LogP contribution in [0.25, 0.3) is 0 Å². The molecule has 0 aliphatic heterocycles. The summed E-state index contributed by atoms with van der Waals surface area (Å²) in [5, 5.41) is 10.5. The Morgan fingerprint density at radius 3 is 3.17 bits per heavy atom. The molecule has 12 heavy (non-hydrogen) atoms. The van der Waals surface area contributed by atoms with E-state index in [2.05, 4.69) is 22.4 Å². The van der Waals surface area contributed by atoms with E-state index in [1.54, 1.807) is 0 Å². The molecule has 66 valence electrons. The third-order valence-electron chi connectivity index (χ3n) is 2.69. The van der Waals surface area contributed by atoms with Crippen LogP contribution >= 0.6 is 0 Å². The van der Waals surface area contributed by atoms with Crippen LogP contribution in [0, 0.1) is 0 Å². The van der Waals surface area contributed by atoms with E-state index in [4.69, 9.17) is 0 Å². The highest BCUT2D eigenvalue weighted by atomic mass is 15.2. The van der Waals surface area contributed by atoms with Crippen LogP contribution < -0.4 is 5.32 Å². The molecule has 1 atom stereocenters. The third kappa shape index (κ3) is 1.00. The van der Waals surface area contributed by atoms with Gasteiger partial charge in [0.25, 0.3) is 0 Å². The van der Waals surface area contributed by atoms with Crippen LogP contribution in [0.4, 0.5) is 5.82 Å². The number of nitrogens with zero attached hydrogens (tertiary/aromatic N) is 1. The highest BCUT2D eigenvalue weighted by molar-refractivity contribution is 5.47. The van der Waals surface area contributed by atoms with Crippen LogP contribution in [-0.4, -0.2) is 17.2 Å². The van der Waals surface area contributed by atoms with Gasteiger partial charge in [0.2, 0.25) is 0 Å². The Balaban J connectivity index is 2.41. The lowest BCUT2D eigenvalue weighted by Crippen LogP contribution is -2.06. The number of aromatic amines is 1. The average Bonchev–Trinajstić information content (AvgIpc) is 2.49. The molecule has 1 aliphatic rings. The Hall–Kier alpha value is -0.990. The molecule has 0 radical (unpaired) electrons. The molecule has 3 nitrogen and oxygen atoms in total. The van der Waals surface area contributed by atoms with Crippen LogP contribution in [0.2, 0.25) is 0 Å². The number of hydrogen-bond donors (Lipinski definition) is 2. The van der Waals surface area contributed by atoms with E-state index >= 15 is 0 Å². The minimum Gasteiger partial charge on any atom is -0.371 e. The molecule has 3 heteroatoms. The van der Waals surface area contributed by atoms with Gasteiger partial charge in [0, 0.05) is 18.3 Å².